The van der Waals surface area contributed by atoms with E-state index in [0.717, 1.165) is 35.1 Å². The zero-order valence-corrected chi connectivity index (χ0v) is 15.4. The average molecular weight is 345 g/mol. The van der Waals surface area contributed by atoms with Crippen molar-refractivity contribution in [3.63, 3.8) is 0 Å². The SMILES string of the molecule is Cc1ccc(-c2cc(NC3CCOc4ccc(C)cc43)nc(C)n2)cc1. The maximum Gasteiger partial charge on any atom is 0.130 e. The first kappa shape index (κ1) is 16.6. The highest BCUT2D eigenvalue weighted by Crippen LogP contribution is 2.35. The van der Waals surface area contributed by atoms with E-state index in [9.17, 15) is 0 Å². The fraction of sp³-hybridized carbons (Fsp3) is 0.273. The van der Waals surface area contributed by atoms with Crippen molar-refractivity contribution in [1.29, 1.82) is 0 Å². The molecular weight excluding hydrogens is 322 g/mol. The molecule has 3 aromatic rings. The zero-order valence-electron chi connectivity index (χ0n) is 15.4. The van der Waals surface area contributed by atoms with Crippen LogP contribution < -0.4 is 10.1 Å². The van der Waals surface area contributed by atoms with E-state index in [2.05, 4.69) is 71.6 Å². The lowest BCUT2D eigenvalue weighted by Crippen LogP contribution is -2.21. The van der Waals surface area contributed by atoms with Gasteiger partial charge in [-0.2, -0.15) is 0 Å². The van der Waals surface area contributed by atoms with Gasteiger partial charge in [-0.15, -0.1) is 0 Å². The Morgan fingerprint density at radius 1 is 0.923 bits per heavy atom. The summed E-state index contributed by atoms with van der Waals surface area (Å²) in [5, 5.41) is 3.60. The number of nitrogens with one attached hydrogen (secondary N) is 1. The number of nitrogens with zero attached hydrogens (tertiary/aromatic N) is 2. The maximum atomic E-state index is 5.80. The van der Waals surface area contributed by atoms with Crippen LogP contribution in [0.5, 0.6) is 5.75 Å². The van der Waals surface area contributed by atoms with E-state index in [4.69, 9.17) is 4.74 Å². The third-order valence-corrected chi connectivity index (χ3v) is 4.71. The summed E-state index contributed by atoms with van der Waals surface area (Å²) in [7, 11) is 0. The fourth-order valence-corrected chi connectivity index (χ4v) is 3.36. The molecule has 1 N–H and O–H groups in total. The first-order valence-corrected chi connectivity index (χ1v) is 9.01. The van der Waals surface area contributed by atoms with Crippen LogP contribution in [0.25, 0.3) is 11.3 Å². The molecule has 4 nitrogen and oxygen atoms in total. The Hall–Kier alpha value is -2.88. The quantitative estimate of drug-likeness (QED) is 0.725. The lowest BCUT2D eigenvalue weighted by molar-refractivity contribution is 0.274. The predicted octanol–water partition coefficient (Wildman–Crippen LogP) is 5.00. The molecule has 1 aliphatic heterocycles. The van der Waals surface area contributed by atoms with Gasteiger partial charge in [-0.25, -0.2) is 9.97 Å². The summed E-state index contributed by atoms with van der Waals surface area (Å²) in [4.78, 5) is 9.21. The van der Waals surface area contributed by atoms with E-state index in [0.29, 0.717) is 6.61 Å². The highest BCUT2D eigenvalue weighted by Gasteiger charge is 2.22. The third kappa shape index (κ3) is 3.40. The van der Waals surface area contributed by atoms with Gasteiger partial charge in [0.25, 0.3) is 0 Å². The van der Waals surface area contributed by atoms with Gasteiger partial charge in [-0.05, 0) is 26.8 Å². The van der Waals surface area contributed by atoms with Gasteiger partial charge in [-0.1, -0.05) is 47.5 Å². The number of rotatable bonds is 3. The lowest BCUT2D eigenvalue weighted by atomic mass is 9.98. The van der Waals surface area contributed by atoms with E-state index < -0.39 is 0 Å². The number of benzene rings is 2. The Kier molecular flexibility index (Phi) is 4.33. The molecule has 4 rings (SSSR count). The Labute approximate surface area is 154 Å². The van der Waals surface area contributed by atoms with Gasteiger partial charge in [-0.3, -0.25) is 0 Å². The molecular formula is C22H23N3O. The predicted molar refractivity (Wildman–Crippen MR) is 105 cm³/mol. The first-order chi connectivity index (χ1) is 12.6. The molecule has 2 aromatic carbocycles. The van der Waals surface area contributed by atoms with Crippen molar-refractivity contribution >= 4 is 5.82 Å². The number of fused-ring (bicyclic) bond motifs is 1. The van der Waals surface area contributed by atoms with Crippen molar-refractivity contribution in [2.24, 2.45) is 0 Å². The van der Waals surface area contributed by atoms with Crippen molar-refractivity contribution in [3.05, 3.63) is 71.0 Å². The average Bonchev–Trinajstić information content (AvgIpc) is 2.62. The Balaban J connectivity index is 1.65. The van der Waals surface area contributed by atoms with Crippen LogP contribution in [0.2, 0.25) is 0 Å². The van der Waals surface area contributed by atoms with E-state index in [1.807, 2.05) is 13.0 Å². The largest absolute Gasteiger partial charge is 0.493 e. The second kappa shape index (κ2) is 6.79. The minimum atomic E-state index is 0.193. The molecule has 0 amide bonds. The molecule has 1 aliphatic rings. The number of anilines is 1. The van der Waals surface area contributed by atoms with Gasteiger partial charge < -0.3 is 10.1 Å². The molecule has 0 saturated carbocycles. The van der Waals surface area contributed by atoms with Crippen molar-refractivity contribution in [1.82, 2.24) is 9.97 Å². The summed E-state index contributed by atoms with van der Waals surface area (Å²) in [6.07, 6.45) is 0.916. The van der Waals surface area contributed by atoms with Gasteiger partial charge in [0.05, 0.1) is 18.3 Å². The smallest absolute Gasteiger partial charge is 0.130 e. The number of aryl methyl sites for hydroxylation is 3. The second-order valence-corrected chi connectivity index (χ2v) is 6.93. The van der Waals surface area contributed by atoms with Crippen molar-refractivity contribution < 1.29 is 4.74 Å². The molecule has 0 aliphatic carbocycles. The summed E-state index contributed by atoms with van der Waals surface area (Å²) >= 11 is 0. The molecule has 0 radical (unpaired) electrons. The van der Waals surface area contributed by atoms with Gasteiger partial charge >= 0.3 is 0 Å². The van der Waals surface area contributed by atoms with Crippen LogP contribution in [0.15, 0.2) is 48.5 Å². The molecule has 1 unspecified atom stereocenters. The van der Waals surface area contributed by atoms with Crippen molar-refractivity contribution in [2.45, 2.75) is 33.2 Å². The number of aromatic nitrogens is 2. The summed E-state index contributed by atoms with van der Waals surface area (Å²) in [6, 6.07) is 17.0. The van der Waals surface area contributed by atoms with Crippen LogP contribution >= 0.6 is 0 Å². The van der Waals surface area contributed by atoms with E-state index in [1.54, 1.807) is 0 Å². The molecule has 0 bridgehead atoms. The molecule has 2 heterocycles. The highest BCUT2D eigenvalue weighted by atomic mass is 16.5. The van der Waals surface area contributed by atoms with Crippen LogP contribution in [0.4, 0.5) is 5.82 Å². The van der Waals surface area contributed by atoms with Crippen LogP contribution in [0.1, 0.15) is 35.0 Å². The number of hydrogen-bond acceptors (Lipinski definition) is 4. The number of hydrogen-bond donors (Lipinski definition) is 1. The molecule has 0 fully saturated rings. The van der Waals surface area contributed by atoms with E-state index >= 15 is 0 Å². The molecule has 26 heavy (non-hydrogen) atoms. The monoisotopic (exact) mass is 345 g/mol. The van der Waals surface area contributed by atoms with Crippen LogP contribution in [-0.4, -0.2) is 16.6 Å². The minimum absolute atomic E-state index is 0.193. The summed E-state index contributed by atoms with van der Waals surface area (Å²) in [5.74, 6) is 2.58. The topological polar surface area (TPSA) is 47.0 Å². The highest BCUT2D eigenvalue weighted by molar-refractivity contribution is 5.63. The molecule has 132 valence electrons. The van der Waals surface area contributed by atoms with Crippen LogP contribution in [-0.2, 0) is 0 Å². The normalized spacial score (nSPS) is 15.9. The molecule has 1 aromatic heterocycles. The van der Waals surface area contributed by atoms with Gasteiger partial charge in [0.15, 0.2) is 0 Å². The summed E-state index contributed by atoms with van der Waals surface area (Å²) in [6.45, 7) is 6.84. The Morgan fingerprint density at radius 2 is 1.69 bits per heavy atom. The minimum Gasteiger partial charge on any atom is -0.493 e. The van der Waals surface area contributed by atoms with E-state index in [1.165, 1.54) is 16.7 Å². The summed E-state index contributed by atoms with van der Waals surface area (Å²) < 4.78 is 5.80. The first-order valence-electron chi connectivity index (χ1n) is 9.01. The van der Waals surface area contributed by atoms with Crippen LogP contribution in [0.3, 0.4) is 0 Å². The Bertz CT molecular complexity index is 935. The number of ether oxygens (including phenoxy) is 1. The van der Waals surface area contributed by atoms with E-state index in [-0.39, 0.29) is 6.04 Å². The molecule has 0 saturated heterocycles. The van der Waals surface area contributed by atoms with Crippen molar-refractivity contribution in [3.8, 4) is 17.0 Å². The van der Waals surface area contributed by atoms with Gasteiger partial charge in [0.2, 0.25) is 0 Å². The standard InChI is InChI=1S/C22H23N3O/c1-14-4-7-17(8-5-14)20-13-22(24-16(3)23-20)25-19-10-11-26-21-9-6-15(2)12-18(19)21/h4-9,12-13,19H,10-11H2,1-3H3,(H,23,24,25). The summed E-state index contributed by atoms with van der Waals surface area (Å²) in [5.41, 5.74) is 5.72. The molecule has 4 heteroatoms. The third-order valence-electron chi connectivity index (χ3n) is 4.71. The molecule has 0 spiro atoms. The second-order valence-electron chi connectivity index (χ2n) is 6.93. The fourth-order valence-electron chi connectivity index (χ4n) is 3.36. The lowest BCUT2D eigenvalue weighted by Gasteiger charge is -2.27. The maximum absolute atomic E-state index is 5.80. The molecule has 1 atom stereocenters. The van der Waals surface area contributed by atoms with Crippen molar-refractivity contribution in [2.75, 3.05) is 11.9 Å². The Morgan fingerprint density at radius 3 is 2.50 bits per heavy atom. The van der Waals surface area contributed by atoms with Gasteiger partial charge in [0.1, 0.15) is 17.4 Å². The van der Waals surface area contributed by atoms with Crippen LogP contribution in [0, 0.1) is 20.8 Å². The zero-order chi connectivity index (χ0) is 18.1. The van der Waals surface area contributed by atoms with Gasteiger partial charge in [0, 0.05) is 23.6 Å².